The molecule has 6 heteroatoms. The molecule has 0 amide bonds. The van der Waals surface area contributed by atoms with Crippen molar-refractivity contribution in [2.24, 2.45) is 5.92 Å². The van der Waals surface area contributed by atoms with Crippen LogP contribution in [-0.2, 0) is 18.5 Å². The molecule has 1 atom stereocenters. The zero-order chi connectivity index (χ0) is 12.1. The van der Waals surface area contributed by atoms with E-state index in [1.54, 1.807) is 14.0 Å². The zero-order valence-electron chi connectivity index (χ0n) is 9.62. The van der Waals surface area contributed by atoms with Crippen LogP contribution in [-0.4, -0.2) is 40.1 Å². The monoisotopic (exact) mass is 258 g/mol. The Bertz CT molecular complexity index is 274. The van der Waals surface area contributed by atoms with Gasteiger partial charge in [-0.05, 0) is 19.8 Å². The van der Waals surface area contributed by atoms with Gasteiger partial charge in [0, 0.05) is 17.8 Å². The fourth-order valence-corrected chi connectivity index (χ4v) is 2.37. The minimum absolute atomic E-state index is 0.0675. The highest BCUT2D eigenvalue weighted by Crippen LogP contribution is 2.10. The van der Waals surface area contributed by atoms with Crippen LogP contribution in [0.25, 0.3) is 0 Å². The first-order valence-corrected chi connectivity index (χ1v) is 7.19. The summed E-state index contributed by atoms with van der Waals surface area (Å²) in [5.74, 6) is -0.178. The molecule has 0 rings (SSSR count). The molecule has 0 aromatic carbocycles. The molecule has 92 valence electrons. The molecule has 1 unspecified atom stereocenters. The Balaban J connectivity index is 3.78. The third-order valence-electron chi connectivity index (χ3n) is 1.89. The average Bonchev–Trinajstić information content (AvgIpc) is 2.00. The van der Waals surface area contributed by atoms with Crippen LogP contribution in [0, 0.1) is 5.92 Å². The first-order chi connectivity index (χ1) is 6.66. The number of ether oxygens (including phenoxy) is 2. The van der Waals surface area contributed by atoms with Crippen LogP contribution >= 0.6 is 10.7 Å². The summed E-state index contributed by atoms with van der Waals surface area (Å²) in [7, 11) is 3.29. The molecular weight excluding hydrogens is 240 g/mol. The molecule has 15 heavy (non-hydrogen) atoms. The van der Waals surface area contributed by atoms with Gasteiger partial charge in [-0.15, -0.1) is 0 Å². The molecule has 0 saturated heterocycles. The van der Waals surface area contributed by atoms with E-state index in [0.717, 1.165) is 0 Å². The van der Waals surface area contributed by atoms with Crippen molar-refractivity contribution in [1.82, 2.24) is 0 Å². The summed E-state index contributed by atoms with van der Waals surface area (Å²) in [4.78, 5) is 0. The van der Waals surface area contributed by atoms with Gasteiger partial charge in [-0.1, -0.05) is 6.92 Å². The Morgan fingerprint density at radius 2 is 1.93 bits per heavy atom. The van der Waals surface area contributed by atoms with Crippen LogP contribution in [0.3, 0.4) is 0 Å². The molecule has 0 bridgehead atoms. The summed E-state index contributed by atoms with van der Waals surface area (Å²) >= 11 is 0. The second-order valence-electron chi connectivity index (χ2n) is 4.29. The standard InChI is InChI=1S/C9H19ClO4S/c1-8(6-15(10,11)12)5-14-7-9(2,3)13-4/h8H,5-7H2,1-4H3. The summed E-state index contributed by atoms with van der Waals surface area (Å²) < 4.78 is 32.0. The van der Waals surface area contributed by atoms with Crippen molar-refractivity contribution in [3.05, 3.63) is 0 Å². The Hall–Kier alpha value is 0.160. The lowest BCUT2D eigenvalue weighted by molar-refractivity contribution is -0.0553. The largest absolute Gasteiger partial charge is 0.378 e. The Labute approximate surface area is 96.3 Å². The lowest BCUT2D eigenvalue weighted by atomic mass is 10.1. The topological polar surface area (TPSA) is 52.6 Å². The van der Waals surface area contributed by atoms with E-state index in [4.69, 9.17) is 20.2 Å². The van der Waals surface area contributed by atoms with Crippen LogP contribution in [0.2, 0.25) is 0 Å². The molecule has 0 saturated carbocycles. The van der Waals surface area contributed by atoms with Crippen molar-refractivity contribution in [2.75, 3.05) is 26.1 Å². The van der Waals surface area contributed by atoms with E-state index in [1.807, 2.05) is 13.8 Å². The molecule has 0 aliphatic rings. The lowest BCUT2D eigenvalue weighted by Gasteiger charge is -2.23. The maximum Gasteiger partial charge on any atom is 0.232 e. The van der Waals surface area contributed by atoms with Crippen molar-refractivity contribution in [2.45, 2.75) is 26.4 Å². The summed E-state index contributed by atoms with van der Waals surface area (Å²) in [5, 5.41) is 0. The summed E-state index contributed by atoms with van der Waals surface area (Å²) in [6.07, 6.45) is 0. The van der Waals surface area contributed by atoms with Crippen LogP contribution in [0.15, 0.2) is 0 Å². The molecule has 0 aliphatic carbocycles. The summed E-state index contributed by atoms with van der Waals surface area (Å²) in [5.41, 5.74) is -0.348. The van der Waals surface area contributed by atoms with Crippen molar-refractivity contribution in [3.8, 4) is 0 Å². The van der Waals surface area contributed by atoms with Crippen LogP contribution in [0.5, 0.6) is 0 Å². The van der Waals surface area contributed by atoms with Gasteiger partial charge in [0.15, 0.2) is 0 Å². The van der Waals surface area contributed by atoms with Gasteiger partial charge in [-0.25, -0.2) is 8.42 Å². The zero-order valence-corrected chi connectivity index (χ0v) is 11.2. The summed E-state index contributed by atoms with van der Waals surface area (Å²) in [6.45, 7) is 6.36. The average molecular weight is 259 g/mol. The molecule has 0 heterocycles. The van der Waals surface area contributed by atoms with Crippen LogP contribution in [0.1, 0.15) is 20.8 Å². The van der Waals surface area contributed by atoms with Crippen molar-refractivity contribution >= 4 is 19.7 Å². The molecular formula is C9H19ClO4S. The minimum atomic E-state index is -3.43. The molecule has 4 nitrogen and oxygen atoms in total. The predicted octanol–water partition coefficient (Wildman–Crippen LogP) is 1.63. The van der Waals surface area contributed by atoms with Crippen molar-refractivity contribution in [1.29, 1.82) is 0 Å². The second kappa shape index (κ2) is 6.03. The molecule has 0 spiro atoms. The van der Waals surface area contributed by atoms with E-state index < -0.39 is 9.05 Å². The van der Waals surface area contributed by atoms with Gasteiger partial charge in [0.1, 0.15) is 0 Å². The van der Waals surface area contributed by atoms with E-state index in [-0.39, 0.29) is 17.3 Å². The minimum Gasteiger partial charge on any atom is -0.378 e. The van der Waals surface area contributed by atoms with E-state index in [0.29, 0.717) is 13.2 Å². The first-order valence-electron chi connectivity index (χ1n) is 4.71. The van der Waals surface area contributed by atoms with Gasteiger partial charge in [0.2, 0.25) is 9.05 Å². The van der Waals surface area contributed by atoms with Gasteiger partial charge in [0.25, 0.3) is 0 Å². The van der Waals surface area contributed by atoms with Gasteiger partial charge in [-0.3, -0.25) is 0 Å². The maximum absolute atomic E-state index is 10.7. The fraction of sp³-hybridized carbons (Fsp3) is 1.00. The first kappa shape index (κ1) is 15.2. The molecule has 0 aromatic heterocycles. The van der Waals surface area contributed by atoms with Gasteiger partial charge >= 0.3 is 0 Å². The summed E-state index contributed by atoms with van der Waals surface area (Å²) in [6, 6.07) is 0. The van der Waals surface area contributed by atoms with Gasteiger partial charge in [-0.2, -0.15) is 0 Å². The molecule has 0 aliphatic heterocycles. The lowest BCUT2D eigenvalue weighted by Crippen LogP contribution is -2.30. The van der Waals surface area contributed by atoms with Gasteiger partial charge < -0.3 is 9.47 Å². The number of halogens is 1. The molecule has 0 aromatic rings. The van der Waals surface area contributed by atoms with E-state index in [2.05, 4.69) is 0 Å². The Morgan fingerprint density at radius 3 is 2.33 bits per heavy atom. The highest BCUT2D eigenvalue weighted by molar-refractivity contribution is 8.13. The van der Waals surface area contributed by atoms with Crippen LogP contribution < -0.4 is 0 Å². The predicted molar refractivity (Wildman–Crippen MR) is 60.7 cm³/mol. The van der Waals surface area contributed by atoms with Crippen LogP contribution in [0.4, 0.5) is 0 Å². The number of methoxy groups -OCH3 is 1. The van der Waals surface area contributed by atoms with Crippen molar-refractivity contribution < 1.29 is 17.9 Å². The Morgan fingerprint density at radius 1 is 1.40 bits per heavy atom. The number of rotatable bonds is 7. The third kappa shape index (κ3) is 9.11. The van der Waals surface area contributed by atoms with E-state index >= 15 is 0 Å². The SMILES string of the molecule is COC(C)(C)COCC(C)CS(=O)(=O)Cl. The maximum atomic E-state index is 10.7. The third-order valence-corrected chi connectivity index (χ3v) is 3.23. The smallest absolute Gasteiger partial charge is 0.232 e. The molecule has 0 fully saturated rings. The van der Waals surface area contributed by atoms with E-state index in [1.165, 1.54) is 0 Å². The fourth-order valence-electron chi connectivity index (χ4n) is 0.953. The number of hydrogen-bond donors (Lipinski definition) is 0. The Kier molecular flexibility index (Phi) is 6.10. The highest BCUT2D eigenvalue weighted by Gasteiger charge is 2.18. The van der Waals surface area contributed by atoms with Gasteiger partial charge in [0.05, 0.1) is 24.6 Å². The molecule has 0 N–H and O–H groups in total. The highest BCUT2D eigenvalue weighted by atomic mass is 35.7. The quantitative estimate of drug-likeness (QED) is 0.652. The second-order valence-corrected chi connectivity index (χ2v) is 7.11. The van der Waals surface area contributed by atoms with E-state index in [9.17, 15) is 8.42 Å². The molecule has 0 radical (unpaired) electrons. The van der Waals surface area contributed by atoms with Crippen molar-refractivity contribution in [3.63, 3.8) is 0 Å². The normalized spacial score (nSPS) is 15.3. The number of hydrogen-bond acceptors (Lipinski definition) is 4.